The molecule has 0 aliphatic heterocycles. The fourth-order valence-electron chi connectivity index (χ4n) is 1.25. The summed E-state index contributed by atoms with van der Waals surface area (Å²) in [4.78, 5) is 0. The monoisotopic (exact) mass is 294 g/mol. The van der Waals surface area contributed by atoms with Gasteiger partial charge in [-0.1, -0.05) is 48.2 Å². The van der Waals surface area contributed by atoms with E-state index in [-0.39, 0.29) is 0 Å². The lowest BCUT2D eigenvalue weighted by Gasteiger charge is -1.84. The zero-order valence-electron chi connectivity index (χ0n) is 12.0. The standard InChI is InChI=1S/C16H10.2BH3O2/c1-3-9-15(10-4-1)13-7-8-14-16-11-5-2-6-12-16;2*2-1-3/h1-6,9-12H;2*1-3H. The van der Waals surface area contributed by atoms with Crippen molar-refractivity contribution in [3.8, 4) is 23.7 Å². The smallest absolute Gasteiger partial charge is 0.430 e. The molecule has 0 aliphatic carbocycles. The molecule has 0 saturated heterocycles. The number of benzene rings is 2. The summed E-state index contributed by atoms with van der Waals surface area (Å²) in [6.07, 6.45) is 0. The first-order chi connectivity index (χ1) is 10.8. The first-order valence-electron chi connectivity index (χ1n) is 6.34. The van der Waals surface area contributed by atoms with Crippen LogP contribution in [0.4, 0.5) is 0 Å². The van der Waals surface area contributed by atoms with Gasteiger partial charge in [-0.05, 0) is 36.1 Å². The van der Waals surface area contributed by atoms with E-state index in [2.05, 4.69) is 23.7 Å². The van der Waals surface area contributed by atoms with Gasteiger partial charge in [0, 0.05) is 11.1 Å². The third-order valence-electron chi connectivity index (χ3n) is 2.02. The highest BCUT2D eigenvalue weighted by molar-refractivity contribution is 6.13. The first kappa shape index (κ1) is 19.5. The maximum absolute atomic E-state index is 7.12. The second kappa shape index (κ2) is 14.9. The molecule has 0 saturated carbocycles. The summed E-state index contributed by atoms with van der Waals surface area (Å²) in [5, 5.41) is 28.5. The molecule has 4 nitrogen and oxygen atoms in total. The van der Waals surface area contributed by atoms with Crippen molar-refractivity contribution in [1.29, 1.82) is 0 Å². The lowest BCUT2D eigenvalue weighted by molar-refractivity contribution is 0.447. The molecule has 0 amide bonds. The van der Waals surface area contributed by atoms with Crippen LogP contribution in [0.2, 0.25) is 0 Å². The molecule has 2 aromatic carbocycles. The van der Waals surface area contributed by atoms with Crippen molar-refractivity contribution < 1.29 is 20.1 Å². The molecule has 0 fully saturated rings. The zero-order valence-corrected chi connectivity index (χ0v) is 12.0. The highest BCUT2D eigenvalue weighted by Gasteiger charge is 1.80. The Labute approximate surface area is 131 Å². The second-order valence-corrected chi connectivity index (χ2v) is 3.51. The average Bonchev–Trinajstić information content (AvgIpc) is 2.55. The van der Waals surface area contributed by atoms with E-state index < -0.39 is 15.4 Å². The highest BCUT2D eigenvalue weighted by atomic mass is 16.4. The number of rotatable bonds is 0. The maximum Gasteiger partial charge on any atom is 0.432 e. The molecule has 110 valence electrons. The molecular formula is C16H16B2O4. The lowest BCUT2D eigenvalue weighted by Crippen LogP contribution is -1.75. The van der Waals surface area contributed by atoms with Crippen molar-refractivity contribution in [2.24, 2.45) is 0 Å². The third kappa shape index (κ3) is 11.4. The molecular weight excluding hydrogens is 278 g/mol. The molecule has 2 rings (SSSR count). The fraction of sp³-hybridized carbons (Fsp3) is 0. The minimum absolute atomic E-state index is 0.750. The van der Waals surface area contributed by atoms with Crippen molar-refractivity contribution in [2.45, 2.75) is 0 Å². The summed E-state index contributed by atoms with van der Waals surface area (Å²) in [5.41, 5.74) is 1.98. The Morgan fingerprint density at radius 3 is 1.09 bits per heavy atom. The summed E-state index contributed by atoms with van der Waals surface area (Å²) in [5.74, 6) is 11.7. The van der Waals surface area contributed by atoms with E-state index in [1.54, 1.807) is 0 Å². The number of hydrogen-bond donors (Lipinski definition) is 4. The summed E-state index contributed by atoms with van der Waals surface area (Å²) in [7, 11) is -1.50. The van der Waals surface area contributed by atoms with Crippen molar-refractivity contribution in [1.82, 2.24) is 0 Å². The maximum atomic E-state index is 7.12. The Bertz CT molecular complexity index is 553. The van der Waals surface area contributed by atoms with Crippen LogP contribution < -0.4 is 0 Å². The predicted octanol–water partition coefficient (Wildman–Crippen LogP) is -0.435. The van der Waals surface area contributed by atoms with E-state index in [0.717, 1.165) is 11.1 Å². The Kier molecular flexibility index (Phi) is 13.3. The fourth-order valence-corrected chi connectivity index (χ4v) is 1.25. The SMILES string of the molecule is C(C#Cc1ccccc1)#Cc1ccccc1.OBO.OBO. The largest absolute Gasteiger partial charge is 0.432 e. The van der Waals surface area contributed by atoms with E-state index in [1.807, 2.05) is 60.7 Å². The summed E-state index contributed by atoms with van der Waals surface area (Å²) < 4.78 is 0. The van der Waals surface area contributed by atoms with Gasteiger partial charge in [0.2, 0.25) is 0 Å². The molecule has 0 aliphatic rings. The summed E-state index contributed by atoms with van der Waals surface area (Å²) >= 11 is 0. The van der Waals surface area contributed by atoms with Gasteiger partial charge in [-0.15, -0.1) is 0 Å². The van der Waals surface area contributed by atoms with Crippen molar-refractivity contribution >= 4 is 15.4 Å². The summed E-state index contributed by atoms with van der Waals surface area (Å²) in [6, 6.07) is 19.7. The third-order valence-corrected chi connectivity index (χ3v) is 2.02. The van der Waals surface area contributed by atoms with Crippen LogP contribution in [0.15, 0.2) is 60.7 Å². The van der Waals surface area contributed by atoms with Gasteiger partial charge < -0.3 is 20.1 Å². The van der Waals surface area contributed by atoms with Gasteiger partial charge in [-0.3, -0.25) is 0 Å². The van der Waals surface area contributed by atoms with Crippen LogP contribution in [0.25, 0.3) is 0 Å². The molecule has 2 aromatic rings. The molecule has 0 radical (unpaired) electrons. The van der Waals surface area contributed by atoms with Crippen LogP contribution >= 0.6 is 0 Å². The Morgan fingerprint density at radius 2 is 0.818 bits per heavy atom. The highest BCUT2D eigenvalue weighted by Crippen LogP contribution is 1.95. The van der Waals surface area contributed by atoms with Gasteiger partial charge in [-0.2, -0.15) is 0 Å². The van der Waals surface area contributed by atoms with Crippen molar-refractivity contribution in [2.75, 3.05) is 0 Å². The van der Waals surface area contributed by atoms with Gasteiger partial charge in [0.05, 0.1) is 0 Å². The minimum atomic E-state index is -0.750. The molecule has 0 bridgehead atoms. The quantitative estimate of drug-likeness (QED) is 0.392. The summed E-state index contributed by atoms with van der Waals surface area (Å²) in [6.45, 7) is 0. The Balaban J connectivity index is 0.000000639. The van der Waals surface area contributed by atoms with Gasteiger partial charge >= 0.3 is 15.4 Å². The van der Waals surface area contributed by atoms with Gasteiger partial charge in [0.25, 0.3) is 0 Å². The van der Waals surface area contributed by atoms with Gasteiger partial charge in [-0.25, -0.2) is 0 Å². The van der Waals surface area contributed by atoms with E-state index in [1.165, 1.54) is 0 Å². The van der Waals surface area contributed by atoms with Crippen LogP contribution in [0, 0.1) is 23.7 Å². The average molecular weight is 294 g/mol. The molecule has 0 aromatic heterocycles. The van der Waals surface area contributed by atoms with Gasteiger partial charge in [0.1, 0.15) is 0 Å². The number of hydrogen-bond acceptors (Lipinski definition) is 4. The topological polar surface area (TPSA) is 80.9 Å². The van der Waals surface area contributed by atoms with Crippen LogP contribution in [0.5, 0.6) is 0 Å². The van der Waals surface area contributed by atoms with Crippen LogP contribution in [-0.4, -0.2) is 35.5 Å². The zero-order chi connectivity index (χ0) is 16.5. The molecule has 22 heavy (non-hydrogen) atoms. The van der Waals surface area contributed by atoms with E-state index in [9.17, 15) is 0 Å². The van der Waals surface area contributed by atoms with Crippen molar-refractivity contribution in [3.63, 3.8) is 0 Å². The Morgan fingerprint density at radius 1 is 0.545 bits per heavy atom. The lowest BCUT2D eigenvalue weighted by atomic mass is 10.2. The minimum Gasteiger partial charge on any atom is -0.430 e. The van der Waals surface area contributed by atoms with Crippen LogP contribution in [-0.2, 0) is 0 Å². The van der Waals surface area contributed by atoms with Crippen molar-refractivity contribution in [3.05, 3.63) is 71.8 Å². The van der Waals surface area contributed by atoms with Crippen LogP contribution in [0.1, 0.15) is 11.1 Å². The van der Waals surface area contributed by atoms with E-state index in [4.69, 9.17) is 20.1 Å². The van der Waals surface area contributed by atoms with E-state index >= 15 is 0 Å². The molecule has 0 spiro atoms. The van der Waals surface area contributed by atoms with Crippen LogP contribution in [0.3, 0.4) is 0 Å². The van der Waals surface area contributed by atoms with E-state index in [0.29, 0.717) is 0 Å². The molecule has 0 atom stereocenters. The second-order valence-electron chi connectivity index (χ2n) is 3.51. The first-order valence-corrected chi connectivity index (χ1v) is 6.34. The molecule has 0 heterocycles. The normalized spacial score (nSPS) is 7.27. The molecule has 4 N–H and O–H groups in total. The Hall–Kier alpha value is -2.47. The molecule has 0 unspecified atom stereocenters. The van der Waals surface area contributed by atoms with Gasteiger partial charge in [0.15, 0.2) is 0 Å². The predicted molar refractivity (Wildman–Crippen MR) is 89.8 cm³/mol. The molecule has 6 heteroatoms.